The average Bonchev–Trinajstić information content (AvgIpc) is 2.66. The fraction of sp³-hybridized carbons (Fsp3) is 0.417. The Morgan fingerprint density at radius 3 is 2.94 bits per heavy atom. The van der Waals surface area contributed by atoms with Gasteiger partial charge in [-0.3, -0.25) is 20.0 Å². The molecule has 0 aliphatic carbocycles. The number of rotatable bonds is 2. The standard InChI is InChI=1S/C12H13N3O3/c13-9-10-8-11(15(16)17)4-5-12(10)14-6-2-1-3-7-18-14/h4-5,8H,1-3,6-7H2. The van der Waals surface area contributed by atoms with E-state index < -0.39 is 4.92 Å². The summed E-state index contributed by atoms with van der Waals surface area (Å²) in [6, 6.07) is 6.23. The Hall–Kier alpha value is -2.13. The quantitative estimate of drug-likeness (QED) is 0.592. The van der Waals surface area contributed by atoms with Gasteiger partial charge in [0.25, 0.3) is 5.69 Å². The minimum absolute atomic E-state index is 0.0786. The summed E-state index contributed by atoms with van der Waals surface area (Å²) in [4.78, 5) is 15.7. The highest BCUT2D eigenvalue weighted by molar-refractivity contribution is 5.61. The van der Waals surface area contributed by atoms with Gasteiger partial charge >= 0.3 is 0 Å². The van der Waals surface area contributed by atoms with Gasteiger partial charge in [-0.05, 0) is 25.3 Å². The maximum atomic E-state index is 10.7. The van der Waals surface area contributed by atoms with E-state index >= 15 is 0 Å². The number of nitriles is 1. The zero-order chi connectivity index (χ0) is 13.0. The van der Waals surface area contributed by atoms with Gasteiger partial charge in [0.2, 0.25) is 0 Å². The molecule has 18 heavy (non-hydrogen) atoms. The molecular formula is C12H13N3O3. The highest BCUT2D eigenvalue weighted by Gasteiger charge is 2.17. The summed E-state index contributed by atoms with van der Waals surface area (Å²) in [5, 5.41) is 21.4. The smallest absolute Gasteiger partial charge is 0.270 e. The van der Waals surface area contributed by atoms with E-state index in [-0.39, 0.29) is 11.3 Å². The summed E-state index contributed by atoms with van der Waals surface area (Å²) in [5.41, 5.74) is 0.793. The number of nitro benzene ring substituents is 1. The molecule has 1 aromatic rings. The van der Waals surface area contributed by atoms with Crippen LogP contribution in [0.5, 0.6) is 0 Å². The largest absolute Gasteiger partial charge is 0.273 e. The van der Waals surface area contributed by atoms with Gasteiger partial charge < -0.3 is 0 Å². The van der Waals surface area contributed by atoms with E-state index in [9.17, 15) is 10.1 Å². The van der Waals surface area contributed by atoms with Crippen molar-refractivity contribution in [3.63, 3.8) is 0 Å². The fourth-order valence-electron chi connectivity index (χ4n) is 1.91. The van der Waals surface area contributed by atoms with Crippen LogP contribution in [0, 0.1) is 21.4 Å². The maximum absolute atomic E-state index is 10.7. The Balaban J connectivity index is 2.32. The molecule has 0 saturated carbocycles. The van der Waals surface area contributed by atoms with Crippen LogP contribution >= 0.6 is 0 Å². The fourth-order valence-corrected chi connectivity index (χ4v) is 1.91. The molecule has 0 amide bonds. The molecule has 6 nitrogen and oxygen atoms in total. The van der Waals surface area contributed by atoms with Crippen molar-refractivity contribution in [2.45, 2.75) is 19.3 Å². The summed E-state index contributed by atoms with van der Waals surface area (Å²) in [7, 11) is 0. The Morgan fingerprint density at radius 1 is 1.39 bits per heavy atom. The van der Waals surface area contributed by atoms with Crippen LogP contribution in [0.25, 0.3) is 0 Å². The minimum Gasteiger partial charge on any atom is -0.273 e. The molecule has 0 atom stereocenters. The third kappa shape index (κ3) is 2.57. The van der Waals surface area contributed by atoms with Crippen molar-refractivity contribution >= 4 is 11.4 Å². The molecule has 0 bridgehead atoms. The van der Waals surface area contributed by atoms with Crippen molar-refractivity contribution < 1.29 is 9.76 Å². The second-order valence-electron chi connectivity index (χ2n) is 4.07. The number of hydroxylamine groups is 1. The van der Waals surface area contributed by atoms with Gasteiger partial charge in [-0.2, -0.15) is 5.26 Å². The van der Waals surface area contributed by atoms with Crippen molar-refractivity contribution in [3.05, 3.63) is 33.9 Å². The predicted octanol–water partition coefficient (Wildman–Crippen LogP) is 2.39. The Bertz CT molecular complexity index is 488. The van der Waals surface area contributed by atoms with Crippen LogP contribution in [0.1, 0.15) is 24.8 Å². The molecule has 0 N–H and O–H groups in total. The molecule has 0 radical (unpaired) electrons. The van der Waals surface area contributed by atoms with Crippen LogP contribution in [0.4, 0.5) is 11.4 Å². The van der Waals surface area contributed by atoms with E-state index in [1.54, 1.807) is 11.1 Å². The van der Waals surface area contributed by atoms with E-state index in [1.807, 2.05) is 6.07 Å². The Morgan fingerprint density at radius 2 is 2.22 bits per heavy atom. The molecule has 94 valence electrons. The van der Waals surface area contributed by atoms with E-state index in [4.69, 9.17) is 10.1 Å². The number of non-ortho nitro benzene ring substituents is 1. The van der Waals surface area contributed by atoms with Crippen LogP contribution in [-0.4, -0.2) is 18.1 Å². The number of nitrogens with zero attached hydrogens (tertiary/aromatic N) is 3. The van der Waals surface area contributed by atoms with Gasteiger partial charge in [-0.15, -0.1) is 0 Å². The zero-order valence-electron chi connectivity index (χ0n) is 9.83. The molecule has 1 saturated heterocycles. The first-order valence-electron chi connectivity index (χ1n) is 5.81. The molecule has 0 unspecified atom stereocenters. The number of benzene rings is 1. The van der Waals surface area contributed by atoms with Gasteiger partial charge in [0.05, 0.1) is 22.8 Å². The zero-order valence-corrected chi connectivity index (χ0v) is 9.83. The van der Waals surface area contributed by atoms with Crippen molar-refractivity contribution in [1.82, 2.24) is 0 Å². The van der Waals surface area contributed by atoms with Gasteiger partial charge in [-0.25, -0.2) is 0 Å². The van der Waals surface area contributed by atoms with Gasteiger partial charge in [0, 0.05) is 18.7 Å². The summed E-state index contributed by atoms with van der Waals surface area (Å²) >= 11 is 0. The molecule has 1 aromatic carbocycles. The molecule has 6 heteroatoms. The SMILES string of the molecule is N#Cc1cc([N+](=O)[O-])ccc1N1CCCCCO1. The van der Waals surface area contributed by atoms with Crippen LogP contribution in [0.2, 0.25) is 0 Å². The number of nitro groups is 1. The monoisotopic (exact) mass is 247 g/mol. The lowest BCUT2D eigenvalue weighted by molar-refractivity contribution is -0.384. The molecule has 1 aliphatic heterocycles. The first-order valence-corrected chi connectivity index (χ1v) is 5.81. The lowest BCUT2D eigenvalue weighted by atomic mass is 10.1. The highest BCUT2D eigenvalue weighted by atomic mass is 16.7. The molecule has 1 aliphatic rings. The number of hydrogen-bond donors (Lipinski definition) is 0. The van der Waals surface area contributed by atoms with E-state index in [1.165, 1.54) is 12.1 Å². The average molecular weight is 247 g/mol. The molecule has 1 heterocycles. The second-order valence-corrected chi connectivity index (χ2v) is 4.07. The van der Waals surface area contributed by atoms with Gasteiger partial charge in [-0.1, -0.05) is 0 Å². The second kappa shape index (κ2) is 5.47. The normalized spacial score (nSPS) is 15.8. The van der Waals surface area contributed by atoms with Crippen molar-refractivity contribution in [2.24, 2.45) is 0 Å². The van der Waals surface area contributed by atoms with Crippen LogP contribution < -0.4 is 5.06 Å². The topological polar surface area (TPSA) is 79.4 Å². The lowest BCUT2D eigenvalue weighted by Crippen LogP contribution is -2.24. The Kier molecular flexibility index (Phi) is 3.75. The first-order chi connectivity index (χ1) is 8.72. The number of anilines is 1. The van der Waals surface area contributed by atoms with E-state index in [2.05, 4.69) is 0 Å². The van der Waals surface area contributed by atoms with Crippen LogP contribution in [0.3, 0.4) is 0 Å². The van der Waals surface area contributed by atoms with E-state index in [0.29, 0.717) is 18.8 Å². The third-order valence-electron chi connectivity index (χ3n) is 2.83. The van der Waals surface area contributed by atoms with Crippen LogP contribution in [0.15, 0.2) is 18.2 Å². The molecule has 0 spiro atoms. The highest BCUT2D eigenvalue weighted by Crippen LogP contribution is 2.26. The minimum atomic E-state index is -0.506. The summed E-state index contributed by atoms with van der Waals surface area (Å²) in [6.07, 6.45) is 3.07. The summed E-state index contributed by atoms with van der Waals surface area (Å²) < 4.78 is 0. The third-order valence-corrected chi connectivity index (χ3v) is 2.83. The molecular weight excluding hydrogens is 234 g/mol. The van der Waals surface area contributed by atoms with E-state index in [0.717, 1.165) is 19.3 Å². The molecule has 2 rings (SSSR count). The van der Waals surface area contributed by atoms with Crippen molar-refractivity contribution in [3.8, 4) is 6.07 Å². The van der Waals surface area contributed by atoms with Gasteiger partial charge in [0.15, 0.2) is 0 Å². The van der Waals surface area contributed by atoms with Crippen molar-refractivity contribution in [2.75, 3.05) is 18.2 Å². The summed E-state index contributed by atoms with van der Waals surface area (Å²) in [6.45, 7) is 1.31. The van der Waals surface area contributed by atoms with Crippen LogP contribution in [-0.2, 0) is 4.84 Å². The predicted molar refractivity (Wildman–Crippen MR) is 65.0 cm³/mol. The summed E-state index contributed by atoms with van der Waals surface area (Å²) in [5.74, 6) is 0. The number of hydrogen-bond acceptors (Lipinski definition) is 5. The molecule has 0 aromatic heterocycles. The maximum Gasteiger partial charge on any atom is 0.270 e. The van der Waals surface area contributed by atoms with Gasteiger partial charge in [0.1, 0.15) is 6.07 Å². The lowest BCUT2D eigenvalue weighted by Gasteiger charge is -2.22. The Labute approximate surface area is 104 Å². The molecule has 1 fully saturated rings. The first kappa shape index (κ1) is 12.3. The van der Waals surface area contributed by atoms with Crippen molar-refractivity contribution in [1.29, 1.82) is 5.26 Å².